The van der Waals surface area contributed by atoms with Gasteiger partial charge in [-0.25, -0.2) is 0 Å². The van der Waals surface area contributed by atoms with E-state index in [0.29, 0.717) is 13.0 Å². The Bertz CT molecular complexity index is 3520. The quantitative estimate of drug-likeness (QED) is 0.0223. The Kier molecular flexibility index (Phi) is 22.7. The van der Waals surface area contributed by atoms with E-state index in [1.165, 1.54) is 180 Å². The molecule has 3 heterocycles. The van der Waals surface area contributed by atoms with E-state index >= 15 is 0 Å². The highest BCUT2D eigenvalue weighted by molar-refractivity contribution is 7.25. The molecule has 5 aromatic carbocycles. The first kappa shape index (κ1) is 64.0. The van der Waals surface area contributed by atoms with E-state index in [0.717, 1.165) is 70.0 Å². The molecule has 0 saturated heterocycles. The summed E-state index contributed by atoms with van der Waals surface area (Å²) in [7, 11) is 0. The highest BCUT2D eigenvalue weighted by Gasteiger charge is 2.44. The predicted octanol–water partition coefficient (Wildman–Crippen LogP) is 25.5. The molecule has 3 nitrogen and oxygen atoms in total. The van der Waals surface area contributed by atoms with E-state index in [2.05, 4.69) is 181 Å². The van der Waals surface area contributed by atoms with E-state index in [9.17, 15) is 4.79 Å². The summed E-state index contributed by atoms with van der Waals surface area (Å²) in [6, 6.07) is 52.4. The number of hydrogen-bond donors (Lipinski definition) is 0. The van der Waals surface area contributed by atoms with Gasteiger partial charge in [0.25, 0.3) is 0 Å². The maximum absolute atomic E-state index is 12.0. The molecular formula is C81H96O3S3. The molecule has 0 radical (unpaired) electrons. The van der Waals surface area contributed by atoms with Crippen molar-refractivity contribution in [1.29, 1.82) is 0 Å². The van der Waals surface area contributed by atoms with Gasteiger partial charge in [0.2, 0.25) is 0 Å². The zero-order valence-electron chi connectivity index (χ0n) is 53.2. The largest absolute Gasteiger partial charge is 0.494 e. The van der Waals surface area contributed by atoms with Crippen LogP contribution in [0.2, 0.25) is 0 Å². The molecule has 10 rings (SSSR count). The smallest absolute Gasteiger partial charge is 0.306 e. The van der Waals surface area contributed by atoms with E-state index < -0.39 is 6.10 Å². The summed E-state index contributed by atoms with van der Waals surface area (Å²) in [4.78, 5) is 20.0. The van der Waals surface area contributed by atoms with Crippen LogP contribution in [-0.2, 0) is 20.4 Å². The molecule has 2 aliphatic rings. The van der Waals surface area contributed by atoms with Crippen LogP contribution in [0.25, 0.3) is 73.8 Å². The van der Waals surface area contributed by atoms with Crippen LogP contribution in [0, 0.1) is 6.92 Å². The van der Waals surface area contributed by atoms with Gasteiger partial charge in [-0.1, -0.05) is 217 Å². The van der Waals surface area contributed by atoms with Crippen molar-refractivity contribution in [2.45, 2.75) is 212 Å². The zero-order valence-corrected chi connectivity index (χ0v) is 55.6. The maximum atomic E-state index is 12.0. The average molecular weight is 1210 g/mol. The third kappa shape index (κ3) is 14.8. The summed E-state index contributed by atoms with van der Waals surface area (Å²) in [5.74, 6) is 0.733. The van der Waals surface area contributed by atoms with Crippen molar-refractivity contribution < 1.29 is 14.3 Å². The average Bonchev–Trinajstić information content (AvgIpc) is 1.69. The normalized spacial score (nSPS) is 13.4. The minimum absolute atomic E-state index is 0.0332. The van der Waals surface area contributed by atoms with Gasteiger partial charge in [0.05, 0.1) is 6.61 Å². The molecule has 0 N–H and O–H groups in total. The second kappa shape index (κ2) is 30.9. The second-order valence-corrected chi connectivity index (χ2v) is 28.4. The van der Waals surface area contributed by atoms with E-state index in [-0.39, 0.29) is 16.8 Å². The fourth-order valence-corrected chi connectivity index (χ4v) is 17.5. The van der Waals surface area contributed by atoms with Crippen molar-refractivity contribution in [3.05, 3.63) is 187 Å². The Hall–Kier alpha value is -6.05. The van der Waals surface area contributed by atoms with Gasteiger partial charge >= 0.3 is 5.97 Å². The first-order chi connectivity index (χ1) is 42.6. The number of carbonyl (C=O) groups excluding carboxylic acids is 1. The van der Waals surface area contributed by atoms with Crippen molar-refractivity contribution >= 4 is 40.0 Å². The first-order valence-corrected chi connectivity index (χ1v) is 36.1. The van der Waals surface area contributed by atoms with Gasteiger partial charge in [0.15, 0.2) is 0 Å². The predicted molar refractivity (Wildman–Crippen MR) is 378 cm³/mol. The number of unbranched alkanes of at least 4 members (excludes halogenated alkanes) is 15. The molecule has 6 heteroatoms. The van der Waals surface area contributed by atoms with Crippen molar-refractivity contribution in [2.24, 2.45) is 0 Å². The second-order valence-electron chi connectivity index (χ2n) is 25.2. The Labute approximate surface area is 535 Å². The van der Waals surface area contributed by atoms with E-state index in [1.807, 2.05) is 34.0 Å². The molecule has 0 unspecified atom stereocenters. The Morgan fingerprint density at radius 1 is 0.414 bits per heavy atom. The number of carbonyl (C=O) groups is 1. The maximum Gasteiger partial charge on any atom is 0.306 e. The molecule has 0 spiro atoms. The molecule has 87 heavy (non-hydrogen) atoms. The summed E-state index contributed by atoms with van der Waals surface area (Å²) in [6.07, 6.45) is 32.5. The molecular weight excluding hydrogens is 1120 g/mol. The highest BCUT2D eigenvalue weighted by Crippen LogP contribution is 2.58. The number of thiophene rings is 3. The number of rotatable bonds is 36. The lowest BCUT2D eigenvalue weighted by atomic mass is 9.70. The number of aryl methyl sites for hydroxylation is 1. The van der Waals surface area contributed by atoms with E-state index in [1.54, 1.807) is 23.3 Å². The van der Waals surface area contributed by atoms with Gasteiger partial charge in [-0.2, -0.15) is 0 Å². The topological polar surface area (TPSA) is 35.5 Å². The number of fused-ring (bicyclic) bond motifs is 6. The van der Waals surface area contributed by atoms with Crippen molar-refractivity contribution in [3.8, 4) is 79.5 Å². The number of benzene rings is 5. The van der Waals surface area contributed by atoms with Crippen molar-refractivity contribution in [2.75, 3.05) is 6.61 Å². The summed E-state index contributed by atoms with van der Waals surface area (Å²) in [5.41, 5.74) is 18.6. The summed E-state index contributed by atoms with van der Waals surface area (Å²) in [6.45, 7) is 19.8. The standard InChI is InChI=1S/C81H96O3S3/c1-8-14-16-18-23-27-51-81(52-28-24-19-17-15-9-2)69-54-58(7)31-39-65(69)66-40-35-62(57-72(66)81)76-46-48-78(87-76)77-47-45-75(86-77)61-36-42-68-67-41-34-60(55-70(67)80(49-10-3,50-11-4)71(68)56-61)74-44-43-73(85-74)59-32-37-64(38-33-59)83-53-29-25-21-20-22-26-30-79(82)84-63(12-5)13-6/h12-13,31-48,54-57,63H,5-6,8-11,14-30,49-53H2,1-4,7H3. The monoisotopic (exact) mass is 1210 g/mol. The van der Waals surface area contributed by atoms with Crippen LogP contribution in [0.15, 0.2) is 159 Å². The van der Waals surface area contributed by atoms with Gasteiger partial charge in [0.1, 0.15) is 11.9 Å². The lowest BCUT2D eigenvalue weighted by Gasteiger charge is -2.33. The zero-order chi connectivity index (χ0) is 60.6. The molecule has 0 aliphatic heterocycles. The first-order valence-electron chi connectivity index (χ1n) is 33.7. The van der Waals surface area contributed by atoms with Gasteiger partial charge in [-0.3, -0.25) is 4.79 Å². The van der Waals surface area contributed by atoms with Crippen LogP contribution >= 0.6 is 34.0 Å². The minimum Gasteiger partial charge on any atom is -0.494 e. The fraction of sp³-hybridized carbons (Fsp3) is 0.420. The molecule has 0 amide bonds. The molecule has 0 atom stereocenters. The van der Waals surface area contributed by atoms with Gasteiger partial charge in [-0.05, 0) is 203 Å². The number of ether oxygens (including phenoxy) is 2. The Morgan fingerprint density at radius 3 is 1.26 bits per heavy atom. The number of hydrogen-bond acceptors (Lipinski definition) is 6. The number of esters is 1. The summed E-state index contributed by atoms with van der Waals surface area (Å²) in [5, 5.41) is 0. The molecule has 8 aromatic rings. The Balaban J connectivity index is 0.813. The molecule has 3 aromatic heterocycles. The summed E-state index contributed by atoms with van der Waals surface area (Å²) >= 11 is 5.80. The molecule has 2 aliphatic carbocycles. The van der Waals surface area contributed by atoms with Crippen LogP contribution in [0.3, 0.4) is 0 Å². The lowest BCUT2D eigenvalue weighted by molar-refractivity contribution is -0.145. The van der Waals surface area contributed by atoms with Crippen LogP contribution in [0.4, 0.5) is 0 Å². The summed E-state index contributed by atoms with van der Waals surface area (Å²) < 4.78 is 11.5. The van der Waals surface area contributed by atoms with Gasteiger partial charge in [0, 0.05) is 46.5 Å². The third-order valence-corrected chi connectivity index (χ3v) is 22.6. The minimum atomic E-state index is -0.402. The third-order valence-electron chi connectivity index (χ3n) is 19.0. The molecule has 0 bridgehead atoms. The SMILES string of the molecule is C=CC(C=C)OC(=O)CCCCCCCCOc1ccc(-c2ccc(-c3ccc4c(c3)C(CCC)(CCC)c3cc(-c5ccc(-c6ccc(-c7ccc8c(c7)C(CCCCCCCC)(CCCCCCCC)c7cc(C)ccc7-8)s6)s5)ccc3-4)s2)cc1. The van der Waals surface area contributed by atoms with Gasteiger partial charge < -0.3 is 9.47 Å². The van der Waals surface area contributed by atoms with E-state index in [4.69, 9.17) is 9.47 Å². The molecule has 456 valence electrons. The van der Waals surface area contributed by atoms with Gasteiger partial charge in [-0.15, -0.1) is 34.0 Å². The highest BCUT2D eigenvalue weighted by atomic mass is 32.1. The lowest BCUT2D eigenvalue weighted by Crippen LogP contribution is -2.25. The molecule has 0 saturated carbocycles. The molecule has 0 fully saturated rings. The fourth-order valence-electron chi connectivity index (χ4n) is 14.4. The van der Waals surface area contributed by atoms with Crippen LogP contribution in [0.1, 0.15) is 216 Å². The van der Waals surface area contributed by atoms with Crippen molar-refractivity contribution in [3.63, 3.8) is 0 Å². The van der Waals surface area contributed by atoms with Crippen LogP contribution < -0.4 is 4.74 Å². The van der Waals surface area contributed by atoms with Crippen LogP contribution in [-0.4, -0.2) is 18.7 Å². The Morgan fingerprint density at radius 2 is 0.793 bits per heavy atom. The van der Waals surface area contributed by atoms with Crippen LogP contribution in [0.5, 0.6) is 5.75 Å². The van der Waals surface area contributed by atoms with Crippen molar-refractivity contribution in [1.82, 2.24) is 0 Å².